The number of ether oxygens (including phenoxy) is 1. The van der Waals surface area contributed by atoms with Gasteiger partial charge in [0, 0.05) is 37.2 Å². The number of imide groups is 1. The molecule has 1 aliphatic carbocycles. The number of urea groups is 1. The quantitative estimate of drug-likeness (QED) is 0.459. The molecule has 1 N–H and O–H groups in total. The van der Waals surface area contributed by atoms with E-state index in [-0.39, 0.29) is 18.2 Å². The van der Waals surface area contributed by atoms with E-state index in [4.69, 9.17) is 4.74 Å². The summed E-state index contributed by atoms with van der Waals surface area (Å²) < 4.78 is 7.17. The Morgan fingerprint density at radius 2 is 1.96 bits per heavy atom. The SMILES string of the molecule is COCCCn1c(C)cc(C(=O)CN2C(=O)NC3(CCCC3)C2=O)c1C. The molecule has 1 saturated heterocycles. The molecule has 26 heavy (non-hydrogen) atoms. The Kier molecular flexibility index (Phi) is 5.18. The normalized spacial score (nSPS) is 18.8. The number of hydrogen-bond donors (Lipinski definition) is 1. The lowest BCUT2D eigenvalue weighted by Gasteiger charge is -2.19. The first-order valence-electron chi connectivity index (χ1n) is 9.22. The van der Waals surface area contributed by atoms with Crippen LogP contribution in [0.25, 0.3) is 0 Å². The third-order valence-corrected chi connectivity index (χ3v) is 5.61. The number of rotatable bonds is 7. The predicted molar refractivity (Wildman–Crippen MR) is 96.2 cm³/mol. The second-order valence-corrected chi connectivity index (χ2v) is 7.32. The van der Waals surface area contributed by atoms with Gasteiger partial charge >= 0.3 is 6.03 Å². The summed E-state index contributed by atoms with van der Waals surface area (Å²) in [7, 11) is 1.67. The summed E-state index contributed by atoms with van der Waals surface area (Å²) in [5.41, 5.74) is 1.67. The average molecular weight is 361 g/mol. The Balaban J connectivity index is 1.73. The maximum atomic E-state index is 12.8. The van der Waals surface area contributed by atoms with Gasteiger partial charge in [-0.05, 0) is 39.2 Å². The molecule has 1 aliphatic heterocycles. The number of methoxy groups -OCH3 is 1. The van der Waals surface area contributed by atoms with Crippen LogP contribution < -0.4 is 5.32 Å². The number of nitrogens with zero attached hydrogens (tertiary/aromatic N) is 2. The Labute approximate surface area is 153 Å². The number of carbonyl (C=O) groups is 3. The maximum Gasteiger partial charge on any atom is 0.325 e. The second-order valence-electron chi connectivity index (χ2n) is 7.32. The van der Waals surface area contributed by atoms with Gasteiger partial charge in [0.1, 0.15) is 5.54 Å². The van der Waals surface area contributed by atoms with Crippen LogP contribution in [0.15, 0.2) is 6.07 Å². The number of hydrogen-bond acceptors (Lipinski definition) is 4. The van der Waals surface area contributed by atoms with Crippen LogP contribution >= 0.6 is 0 Å². The van der Waals surface area contributed by atoms with Gasteiger partial charge in [-0.3, -0.25) is 14.5 Å². The highest BCUT2D eigenvalue weighted by atomic mass is 16.5. The minimum Gasteiger partial charge on any atom is -0.385 e. The van der Waals surface area contributed by atoms with E-state index in [0.29, 0.717) is 25.0 Å². The molecule has 2 heterocycles. The molecule has 7 nitrogen and oxygen atoms in total. The highest BCUT2D eigenvalue weighted by molar-refractivity contribution is 6.11. The van der Waals surface area contributed by atoms with E-state index < -0.39 is 11.6 Å². The standard InChI is InChI=1S/C19H27N3O4/c1-13-11-15(14(2)21(13)9-6-10-26-3)16(23)12-22-17(24)19(20-18(22)25)7-4-5-8-19/h11H,4-10,12H2,1-3H3,(H,20,25). The summed E-state index contributed by atoms with van der Waals surface area (Å²) in [6.07, 6.45) is 4.04. The van der Waals surface area contributed by atoms with Gasteiger partial charge in [0.25, 0.3) is 5.91 Å². The van der Waals surface area contributed by atoms with Gasteiger partial charge in [-0.2, -0.15) is 0 Å². The van der Waals surface area contributed by atoms with E-state index in [9.17, 15) is 14.4 Å². The third-order valence-electron chi connectivity index (χ3n) is 5.61. The van der Waals surface area contributed by atoms with E-state index in [1.807, 2.05) is 19.9 Å². The van der Waals surface area contributed by atoms with E-state index in [0.717, 1.165) is 42.1 Å². The molecule has 3 amide bonds. The summed E-state index contributed by atoms with van der Waals surface area (Å²) in [5.74, 6) is -0.447. The van der Waals surface area contributed by atoms with Crippen molar-refractivity contribution in [2.75, 3.05) is 20.3 Å². The number of aryl methyl sites for hydroxylation is 1. The molecular weight excluding hydrogens is 334 g/mol. The molecule has 7 heteroatoms. The number of amides is 3. The van der Waals surface area contributed by atoms with Gasteiger partial charge in [-0.1, -0.05) is 12.8 Å². The molecule has 1 aromatic rings. The molecule has 1 saturated carbocycles. The Bertz CT molecular complexity index is 731. The molecule has 0 radical (unpaired) electrons. The Morgan fingerprint density at radius 3 is 2.62 bits per heavy atom. The second kappa shape index (κ2) is 7.23. The third kappa shape index (κ3) is 3.16. The van der Waals surface area contributed by atoms with Crippen molar-refractivity contribution in [3.63, 3.8) is 0 Å². The summed E-state index contributed by atoms with van der Waals surface area (Å²) in [4.78, 5) is 38.9. The fourth-order valence-corrected chi connectivity index (χ4v) is 4.16. The summed E-state index contributed by atoms with van der Waals surface area (Å²) in [6, 6.07) is 1.40. The molecule has 2 fully saturated rings. The van der Waals surface area contributed by atoms with Crippen molar-refractivity contribution in [2.24, 2.45) is 0 Å². The molecule has 0 aromatic carbocycles. The minimum atomic E-state index is -0.769. The van der Waals surface area contributed by atoms with E-state index in [2.05, 4.69) is 9.88 Å². The molecule has 0 unspecified atom stereocenters. The van der Waals surface area contributed by atoms with Gasteiger partial charge in [0.15, 0.2) is 5.78 Å². The number of ketones is 1. The first-order valence-corrected chi connectivity index (χ1v) is 9.22. The van der Waals surface area contributed by atoms with E-state index in [1.54, 1.807) is 7.11 Å². The highest BCUT2D eigenvalue weighted by Crippen LogP contribution is 2.35. The summed E-state index contributed by atoms with van der Waals surface area (Å²) >= 11 is 0. The predicted octanol–water partition coefficient (Wildman–Crippen LogP) is 2.19. The van der Waals surface area contributed by atoms with Crippen molar-refractivity contribution in [1.82, 2.24) is 14.8 Å². The van der Waals surface area contributed by atoms with Crippen LogP contribution in [-0.4, -0.2) is 53.0 Å². The Morgan fingerprint density at radius 1 is 1.27 bits per heavy atom. The van der Waals surface area contributed by atoms with E-state index >= 15 is 0 Å². The van der Waals surface area contributed by atoms with Crippen molar-refractivity contribution in [3.8, 4) is 0 Å². The first kappa shape index (κ1) is 18.6. The molecule has 142 valence electrons. The summed E-state index contributed by atoms with van der Waals surface area (Å²) in [6.45, 7) is 5.08. The maximum absolute atomic E-state index is 12.8. The van der Waals surface area contributed by atoms with Gasteiger partial charge in [0.05, 0.1) is 6.54 Å². The molecule has 1 spiro atoms. The van der Waals surface area contributed by atoms with Crippen LogP contribution in [0.3, 0.4) is 0 Å². The zero-order valence-corrected chi connectivity index (χ0v) is 15.8. The summed E-state index contributed by atoms with van der Waals surface area (Å²) in [5, 5.41) is 2.82. The smallest absolute Gasteiger partial charge is 0.325 e. The van der Waals surface area contributed by atoms with Crippen LogP contribution in [0.5, 0.6) is 0 Å². The number of aromatic nitrogens is 1. The van der Waals surface area contributed by atoms with Gasteiger partial charge in [-0.25, -0.2) is 4.79 Å². The van der Waals surface area contributed by atoms with E-state index in [1.165, 1.54) is 0 Å². The van der Waals surface area contributed by atoms with Crippen LogP contribution in [0.1, 0.15) is 53.8 Å². The molecule has 0 atom stereocenters. The zero-order chi connectivity index (χ0) is 18.9. The molecule has 0 bridgehead atoms. The number of Topliss-reactive ketones (excluding diaryl/α,β-unsaturated/α-hetero) is 1. The lowest BCUT2D eigenvalue weighted by atomic mass is 9.98. The van der Waals surface area contributed by atoms with Crippen molar-refractivity contribution in [3.05, 3.63) is 23.0 Å². The van der Waals surface area contributed by atoms with Crippen LogP contribution in [-0.2, 0) is 16.1 Å². The van der Waals surface area contributed by atoms with Crippen LogP contribution in [0.4, 0.5) is 4.79 Å². The van der Waals surface area contributed by atoms with Crippen molar-refractivity contribution in [1.29, 1.82) is 0 Å². The van der Waals surface area contributed by atoms with Crippen molar-refractivity contribution < 1.29 is 19.1 Å². The van der Waals surface area contributed by atoms with Gasteiger partial charge in [0.2, 0.25) is 0 Å². The largest absolute Gasteiger partial charge is 0.385 e. The highest BCUT2D eigenvalue weighted by Gasteiger charge is 2.52. The Hall–Kier alpha value is -2.15. The minimum absolute atomic E-state index is 0.199. The van der Waals surface area contributed by atoms with Gasteiger partial charge < -0.3 is 14.6 Å². The topological polar surface area (TPSA) is 80.6 Å². The van der Waals surface area contributed by atoms with Crippen molar-refractivity contribution in [2.45, 2.75) is 58.0 Å². The lowest BCUT2D eigenvalue weighted by molar-refractivity contribution is -0.130. The number of carbonyl (C=O) groups excluding carboxylic acids is 3. The van der Waals surface area contributed by atoms with Gasteiger partial charge in [-0.15, -0.1) is 0 Å². The fraction of sp³-hybridized carbons (Fsp3) is 0.632. The molecule has 2 aliphatic rings. The van der Waals surface area contributed by atoms with Crippen molar-refractivity contribution >= 4 is 17.7 Å². The molecule has 1 aromatic heterocycles. The zero-order valence-electron chi connectivity index (χ0n) is 15.8. The number of nitrogens with one attached hydrogen (secondary N) is 1. The fourth-order valence-electron chi connectivity index (χ4n) is 4.16. The van der Waals surface area contributed by atoms with Crippen LogP contribution in [0, 0.1) is 13.8 Å². The van der Waals surface area contributed by atoms with Crippen LogP contribution in [0.2, 0.25) is 0 Å². The monoisotopic (exact) mass is 361 g/mol. The molecule has 3 rings (SSSR count). The molecular formula is C19H27N3O4. The average Bonchev–Trinajstić information content (AvgIpc) is 3.24. The lowest BCUT2D eigenvalue weighted by Crippen LogP contribution is -2.44. The first-order chi connectivity index (χ1) is 12.4.